The van der Waals surface area contributed by atoms with Crippen LogP contribution >= 0.6 is 0 Å². The number of quaternary nitrogens is 1. The van der Waals surface area contributed by atoms with Crippen molar-refractivity contribution in [3.8, 4) is 0 Å². The fraction of sp³-hybridized carbons (Fsp3) is 0.727. The molecule has 1 N–H and O–H groups in total. The van der Waals surface area contributed by atoms with E-state index < -0.39 is 27.6 Å². The lowest BCUT2D eigenvalue weighted by molar-refractivity contribution is -0.932. The van der Waals surface area contributed by atoms with Gasteiger partial charge in [-0.25, -0.2) is 4.79 Å². The zero-order chi connectivity index (χ0) is 14.7. The minimum atomic E-state index is -4.09. The number of ether oxygens (including phenoxy) is 1. The van der Waals surface area contributed by atoms with Gasteiger partial charge in [-0.2, -0.15) is 8.42 Å². The summed E-state index contributed by atoms with van der Waals surface area (Å²) in [7, 11) is -0.647. The second-order valence-corrected chi connectivity index (χ2v) is 6.91. The summed E-state index contributed by atoms with van der Waals surface area (Å²) in [5.74, 6) is -0.520. The summed E-state index contributed by atoms with van der Waals surface area (Å²) in [6, 6.07) is 0. The Labute approximate surface area is 109 Å². The number of hydrogen-bond donors (Lipinski definition) is 1. The molecular formula is C11H22NO5S+. The van der Waals surface area contributed by atoms with Crippen LogP contribution in [0.3, 0.4) is 0 Å². The van der Waals surface area contributed by atoms with Crippen molar-refractivity contribution in [3.05, 3.63) is 12.2 Å². The van der Waals surface area contributed by atoms with Gasteiger partial charge in [0.25, 0.3) is 10.1 Å². The molecule has 0 saturated carbocycles. The van der Waals surface area contributed by atoms with Crippen LogP contribution in [0.4, 0.5) is 0 Å². The second-order valence-electron chi connectivity index (χ2n) is 5.07. The second kappa shape index (κ2) is 5.81. The van der Waals surface area contributed by atoms with Gasteiger partial charge in [0.2, 0.25) is 6.23 Å². The number of carbonyl (C=O) groups is 1. The van der Waals surface area contributed by atoms with Crippen LogP contribution in [-0.4, -0.2) is 55.5 Å². The van der Waals surface area contributed by atoms with E-state index >= 15 is 0 Å². The lowest BCUT2D eigenvalue weighted by atomic mass is 10.3. The van der Waals surface area contributed by atoms with Crippen molar-refractivity contribution < 1.29 is 27.0 Å². The predicted molar refractivity (Wildman–Crippen MR) is 68.4 cm³/mol. The summed E-state index contributed by atoms with van der Waals surface area (Å²) in [4.78, 5) is 11.4. The summed E-state index contributed by atoms with van der Waals surface area (Å²) >= 11 is 0. The molecule has 6 nitrogen and oxygen atoms in total. The molecule has 0 fully saturated rings. The zero-order valence-corrected chi connectivity index (χ0v) is 12.3. The molecule has 18 heavy (non-hydrogen) atoms. The maximum Gasteiger partial charge on any atom is 0.337 e. The van der Waals surface area contributed by atoms with Gasteiger partial charge in [-0.1, -0.05) is 6.58 Å². The van der Waals surface area contributed by atoms with E-state index in [1.54, 1.807) is 21.0 Å². The molecule has 0 aliphatic carbocycles. The van der Waals surface area contributed by atoms with Crippen LogP contribution in [-0.2, 0) is 19.6 Å². The van der Waals surface area contributed by atoms with Crippen LogP contribution in [0.25, 0.3) is 0 Å². The zero-order valence-electron chi connectivity index (χ0n) is 11.5. The first-order valence-corrected chi connectivity index (χ1v) is 7.03. The Morgan fingerprint density at radius 3 is 2.17 bits per heavy atom. The minimum Gasteiger partial charge on any atom is -0.409 e. The monoisotopic (exact) mass is 280 g/mol. The molecule has 0 spiro atoms. The summed E-state index contributed by atoms with van der Waals surface area (Å²) < 4.78 is 36.2. The molecule has 0 aliphatic heterocycles. The van der Waals surface area contributed by atoms with Crippen molar-refractivity contribution in [2.24, 2.45) is 0 Å². The average Bonchev–Trinajstić information content (AvgIpc) is 2.14. The Bertz CT molecular complexity index is 427. The third-order valence-electron chi connectivity index (χ3n) is 2.85. The molecular weight excluding hydrogens is 258 g/mol. The third kappa shape index (κ3) is 5.16. The fourth-order valence-electron chi connectivity index (χ4n) is 1.30. The largest absolute Gasteiger partial charge is 0.409 e. The maximum atomic E-state index is 11.4. The molecule has 106 valence electrons. The third-order valence-corrected chi connectivity index (χ3v) is 4.01. The molecule has 0 heterocycles. The quantitative estimate of drug-likeness (QED) is 0.256. The van der Waals surface area contributed by atoms with E-state index in [0.717, 1.165) is 0 Å². The Hall–Kier alpha value is -0.920. The van der Waals surface area contributed by atoms with Gasteiger partial charge in [-0.3, -0.25) is 9.04 Å². The molecule has 0 bridgehead atoms. The first-order chi connectivity index (χ1) is 7.88. The van der Waals surface area contributed by atoms with Gasteiger partial charge in [0.15, 0.2) is 0 Å². The number of rotatable bonds is 6. The molecule has 0 saturated heterocycles. The number of carbonyl (C=O) groups excluding carboxylic acids is 1. The molecule has 0 amide bonds. The summed E-state index contributed by atoms with van der Waals surface area (Å²) in [5, 5.41) is -0.932. The van der Waals surface area contributed by atoms with Crippen LogP contribution in [0.2, 0.25) is 0 Å². The standard InChI is InChI=1S/C11H21NO5S/c1-8(2)11(13)17-10(4)12(5,6)7-9(3)18(14,15)16/h9-10H,1,7H2,2-6H3/p+1. The summed E-state index contributed by atoms with van der Waals surface area (Å²) in [5.41, 5.74) is 0.282. The van der Waals surface area contributed by atoms with Crippen LogP contribution in [0.15, 0.2) is 12.2 Å². The highest BCUT2D eigenvalue weighted by Gasteiger charge is 2.33. The van der Waals surface area contributed by atoms with Crippen molar-refractivity contribution in [1.29, 1.82) is 0 Å². The van der Waals surface area contributed by atoms with E-state index in [1.165, 1.54) is 13.8 Å². The van der Waals surface area contributed by atoms with Crippen molar-refractivity contribution in [2.75, 3.05) is 20.6 Å². The number of hydrogen-bond acceptors (Lipinski definition) is 4. The van der Waals surface area contributed by atoms with Gasteiger partial charge < -0.3 is 4.74 Å². The van der Waals surface area contributed by atoms with Crippen molar-refractivity contribution in [2.45, 2.75) is 32.2 Å². The summed E-state index contributed by atoms with van der Waals surface area (Å²) in [6.45, 7) is 8.21. The molecule has 2 atom stereocenters. The van der Waals surface area contributed by atoms with E-state index in [2.05, 4.69) is 6.58 Å². The van der Waals surface area contributed by atoms with Gasteiger partial charge in [0, 0.05) is 12.5 Å². The Morgan fingerprint density at radius 2 is 1.83 bits per heavy atom. The average molecular weight is 280 g/mol. The molecule has 7 heteroatoms. The van der Waals surface area contributed by atoms with Crippen LogP contribution in [0, 0.1) is 0 Å². The van der Waals surface area contributed by atoms with E-state index in [0.29, 0.717) is 0 Å². The number of nitrogens with zero attached hydrogens (tertiary/aromatic N) is 1. The maximum absolute atomic E-state index is 11.4. The van der Waals surface area contributed by atoms with Crippen molar-refractivity contribution in [1.82, 2.24) is 0 Å². The lowest BCUT2D eigenvalue weighted by Crippen LogP contribution is -2.53. The molecule has 0 aromatic carbocycles. The smallest absolute Gasteiger partial charge is 0.337 e. The van der Waals surface area contributed by atoms with Gasteiger partial charge in [0.1, 0.15) is 11.8 Å². The Morgan fingerprint density at radius 1 is 1.39 bits per heavy atom. The van der Waals surface area contributed by atoms with Gasteiger partial charge in [-0.05, 0) is 13.8 Å². The molecule has 0 rings (SSSR count). The number of esters is 1. The van der Waals surface area contributed by atoms with Crippen molar-refractivity contribution in [3.63, 3.8) is 0 Å². The molecule has 0 aliphatic rings. The van der Waals surface area contributed by atoms with Gasteiger partial charge in [-0.15, -0.1) is 0 Å². The molecule has 0 aromatic heterocycles. The van der Waals surface area contributed by atoms with Crippen LogP contribution < -0.4 is 0 Å². The van der Waals surface area contributed by atoms with E-state index in [4.69, 9.17) is 9.29 Å². The van der Waals surface area contributed by atoms with Crippen LogP contribution in [0.5, 0.6) is 0 Å². The topological polar surface area (TPSA) is 80.7 Å². The fourth-order valence-corrected chi connectivity index (χ4v) is 1.88. The van der Waals surface area contributed by atoms with Gasteiger partial charge >= 0.3 is 5.97 Å². The molecule has 0 radical (unpaired) electrons. The molecule has 2 unspecified atom stereocenters. The highest BCUT2D eigenvalue weighted by molar-refractivity contribution is 7.86. The van der Waals surface area contributed by atoms with Crippen LogP contribution in [0.1, 0.15) is 20.8 Å². The van der Waals surface area contributed by atoms with Gasteiger partial charge in [0.05, 0.1) is 14.1 Å². The van der Waals surface area contributed by atoms with E-state index in [-0.39, 0.29) is 16.6 Å². The highest BCUT2D eigenvalue weighted by Crippen LogP contribution is 2.13. The molecule has 0 aromatic rings. The predicted octanol–water partition coefficient (Wildman–Crippen LogP) is 0.804. The normalized spacial score (nSPS) is 15.9. The first-order valence-electron chi connectivity index (χ1n) is 5.53. The summed E-state index contributed by atoms with van der Waals surface area (Å²) in [6.07, 6.45) is -0.543. The van der Waals surface area contributed by atoms with E-state index in [9.17, 15) is 13.2 Å². The lowest BCUT2D eigenvalue weighted by Gasteiger charge is -2.36. The Kier molecular flexibility index (Phi) is 5.52. The van der Waals surface area contributed by atoms with Crippen molar-refractivity contribution >= 4 is 16.1 Å². The first kappa shape index (κ1) is 17.1. The SMILES string of the molecule is C=C(C)C(=O)OC(C)[N+](C)(C)CC(C)S(=O)(=O)O. The minimum absolute atomic E-state index is 0.125. The Balaban J connectivity index is 4.73. The highest BCUT2D eigenvalue weighted by atomic mass is 32.2. The van der Waals surface area contributed by atoms with E-state index in [1.807, 2.05) is 0 Å².